The first kappa shape index (κ1) is 16.8. The van der Waals surface area contributed by atoms with E-state index in [4.69, 9.17) is 0 Å². The third-order valence-corrected chi connectivity index (χ3v) is 5.36. The molecule has 1 aliphatic carbocycles. The number of rotatable bonds is 5. The lowest BCUT2D eigenvalue weighted by Crippen LogP contribution is -2.51. The molecule has 0 aromatic heterocycles. The van der Waals surface area contributed by atoms with Crippen LogP contribution in [0.1, 0.15) is 65.2 Å². The molecule has 1 saturated carbocycles. The van der Waals surface area contributed by atoms with E-state index in [9.17, 15) is 9.90 Å². The highest BCUT2D eigenvalue weighted by atomic mass is 16.3. The van der Waals surface area contributed by atoms with Crippen molar-refractivity contribution in [2.75, 3.05) is 13.6 Å². The molecular formula is C17H32N2O2. The highest BCUT2D eigenvalue weighted by Crippen LogP contribution is 2.26. The Balaban J connectivity index is 1.94. The molecule has 1 heterocycles. The van der Waals surface area contributed by atoms with Crippen molar-refractivity contribution in [2.24, 2.45) is 0 Å². The summed E-state index contributed by atoms with van der Waals surface area (Å²) in [6.45, 7) is 4.88. The van der Waals surface area contributed by atoms with E-state index in [2.05, 4.69) is 4.90 Å². The topological polar surface area (TPSA) is 43.8 Å². The van der Waals surface area contributed by atoms with E-state index in [-0.39, 0.29) is 18.1 Å². The number of likely N-dealkylation sites (tertiary alicyclic amines) is 1. The molecule has 3 unspecified atom stereocenters. The Morgan fingerprint density at radius 2 is 1.86 bits per heavy atom. The van der Waals surface area contributed by atoms with Crippen LogP contribution >= 0.6 is 0 Å². The smallest absolute Gasteiger partial charge is 0.239 e. The zero-order valence-corrected chi connectivity index (χ0v) is 13.9. The van der Waals surface area contributed by atoms with Crippen LogP contribution in [0.2, 0.25) is 0 Å². The van der Waals surface area contributed by atoms with Gasteiger partial charge in [0, 0.05) is 19.1 Å². The number of hydrogen-bond acceptors (Lipinski definition) is 3. The van der Waals surface area contributed by atoms with Crippen LogP contribution in [0.25, 0.3) is 0 Å². The van der Waals surface area contributed by atoms with Gasteiger partial charge in [0.05, 0.1) is 12.1 Å². The molecule has 2 fully saturated rings. The molecule has 0 aromatic carbocycles. The summed E-state index contributed by atoms with van der Waals surface area (Å²) in [6, 6.07) is 0.749. The standard InChI is InChI=1S/C17H32N2O2/c1-13(20)12-16-10-7-11-19(16)14(2)17(21)18(3)15-8-5-4-6-9-15/h13-16,20H,4-12H2,1-3H3. The van der Waals surface area contributed by atoms with Gasteiger partial charge in [0.25, 0.3) is 0 Å². The fourth-order valence-electron chi connectivity index (χ4n) is 4.10. The van der Waals surface area contributed by atoms with Crippen LogP contribution in [0.4, 0.5) is 0 Å². The largest absolute Gasteiger partial charge is 0.393 e. The summed E-state index contributed by atoms with van der Waals surface area (Å²) in [5.74, 6) is 0.263. The first-order chi connectivity index (χ1) is 10.0. The van der Waals surface area contributed by atoms with Gasteiger partial charge in [-0.2, -0.15) is 0 Å². The van der Waals surface area contributed by atoms with Crippen molar-refractivity contribution in [1.82, 2.24) is 9.80 Å². The summed E-state index contributed by atoms with van der Waals surface area (Å²) >= 11 is 0. The molecule has 2 aliphatic rings. The van der Waals surface area contributed by atoms with Crippen molar-refractivity contribution in [1.29, 1.82) is 0 Å². The average molecular weight is 296 g/mol. The van der Waals surface area contributed by atoms with Gasteiger partial charge in [-0.25, -0.2) is 0 Å². The lowest BCUT2D eigenvalue weighted by Gasteiger charge is -2.37. The summed E-state index contributed by atoms with van der Waals surface area (Å²) < 4.78 is 0. The van der Waals surface area contributed by atoms with E-state index in [0.29, 0.717) is 12.1 Å². The quantitative estimate of drug-likeness (QED) is 0.847. The van der Waals surface area contributed by atoms with Crippen molar-refractivity contribution in [2.45, 2.75) is 89.4 Å². The zero-order chi connectivity index (χ0) is 15.4. The van der Waals surface area contributed by atoms with Gasteiger partial charge in [-0.15, -0.1) is 0 Å². The Hall–Kier alpha value is -0.610. The van der Waals surface area contributed by atoms with Crippen LogP contribution in [-0.2, 0) is 4.79 Å². The lowest BCUT2D eigenvalue weighted by atomic mass is 9.94. The van der Waals surface area contributed by atoms with Crippen molar-refractivity contribution >= 4 is 5.91 Å². The molecule has 1 N–H and O–H groups in total. The Bertz CT molecular complexity index is 340. The maximum absolute atomic E-state index is 12.8. The number of aliphatic hydroxyl groups excluding tert-OH is 1. The van der Waals surface area contributed by atoms with Gasteiger partial charge in [-0.1, -0.05) is 19.3 Å². The summed E-state index contributed by atoms with van der Waals surface area (Å²) in [5.41, 5.74) is 0. The number of aliphatic hydroxyl groups is 1. The maximum atomic E-state index is 12.8. The number of nitrogens with zero attached hydrogens (tertiary/aromatic N) is 2. The van der Waals surface area contributed by atoms with Crippen LogP contribution in [0.3, 0.4) is 0 Å². The Morgan fingerprint density at radius 3 is 2.48 bits per heavy atom. The molecule has 0 bridgehead atoms. The Labute approximate surface area is 129 Å². The van der Waals surface area contributed by atoms with Crippen LogP contribution in [-0.4, -0.2) is 58.6 Å². The lowest BCUT2D eigenvalue weighted by molar-refractivity contribution is -0.138. The monoisotopic (exact) mass is 296 g/mol. The minimum Gasteiger partial charge on any atom is -0.393 e. The highest BCUT2D eigenvalue weighted by Gasteiger charge is 2.35. The molecule has 0 radical (unpaired) electrons. The maximum Gasteiger partial charge on any atom is 0.239 e. The molecule has 2 rings (SSSR count). The molecule has 1 amide bonds. The van der Waals surface area contributed by atoms with Gasteiger partial charge >= 0.3 is 0 Å². The fraction of sp³-hybridized carbons (Fsp3) is 0.941. The van der Waals surface area contributed by atoms with Gasteiger partial charge < -0.3 is 10.0 Å². The molecule has 122 valence electrons. The number of carbonyl (C=O) groups is 1. The average Bonchev–Trinajstić information content (AvgIpc) is 2.93. The molecule has 0 aromatic rings. The van der Waals surface area contributed by atoms with Crippen LogP contribution in [0.5, 0.6) is 0 Å². The minimum absolute atomic E-state index is 0.0526. The van der Waals surface area contributed by atoms with Crippen LogP contribution in [0.15, 0.2) is 0 Å². The van der Waals surface area contributed by atoms with Crippen molar-refractivity contribution < 1.29 is 9.90 Å². The van der Waals surface area contributed by atoms with Gasteiger partial charge in [0.1, 0.15) is 0 Å². The molecule has 3 atom stereocenters. The second kappa shape index (κ2) is 7.59. The predicted molar refractivity (Wildman–Crippen MR) is 85.1 cm³/mol. The predicted octanol–water partition coefficient (Wildman–Crippen LogP) is 2.40. The highest BCUT2D eigenvalue weighted by molar-refractivity contribution is 5.81. The van der Waals surface area contributed by atoms with Gasteiger partial charge in [0.2, 0.25) is 5.91 Å². The van der Waals surface area contributed by atoms with E-state index in [1.165, 1.54) is 19.3 Å². The second-order valence-electron chi connectivity index (χ2n) is 7.04. The van der Waals surface area contributed by atoms with E-state index in [1.54, 1.807) is 0 Å². The third kappa shape index (κ3) is 4.19. The van der Waals surface area contributed by atoms with Crippen LogP contribution < -0.4 is 0 Å². The molecule has 0 spiro atoms. The van der Waals surface area contributed by atoms with Gasteiger partial charge in [-0.3, -0.25) is 9.69 Å². The normalized spacial score (nSPS) is 27.5. The molecule has 1 aliphatic heterocycles. The molecule has 4 heteroatoms. The molecule has 1 saturated heterocycles. The summed E-state index contributed by atoms with van der Waals surface area (Å²) in [7, 11) is 1.98. The number of hydrogen-bond donors (Lipinski definition) is 1. The summed E-state index contributed by atoms with van der Waals surface area (Å²) in [6.07, 6.45) is 8.89. The van der Waals surface area contributed by atoms with Crippen molar-refractivity contribution in [3.05, 3.63) is 0 Å². The number of carbonyl (C=O) groups excluding carboxylic acids is 1. The fourth-order valence-corrected chi connectivity index (χ4v) is 4.10. The van der Waals surface area contributed by atoms with E-state index in [0.717, 1.165) is 38.6 Å². The van der Waals surface area contributed by atoms with E-state index >= 15 is 0 Å². The number of amides is 1. The van der Waals surface area contributed by atoms with E-state index < -0.39 is 0 Å². The van der Waals surface area contributed by atoms with Crippen LogP contribution in [0, 0.1) is 0 Å². The Morgan fingerprint density at radius 1 is 1.19 bits per heavy atom. The van der Waals surface area contributed by atoms with Crippen molar-refractivity contribution in [3.63, 3.8) is 0 Å². The zero-order valence-electron chi connectivity index (χ0n) is 13.9. The van der Waals surface area contributed by atoms with Crippen molar-refractivity contribution in [3.8, 4) is 0 Å². The first-order valence-electron chi connectivity index (χ1n) is 8.71. The molecular weight excluding hydrogens is 264 g/mol. The molecule has 21 heavy (non-hydrogen) atoms. The SMILES string of the molecule is CC(O)CC1CCCN1C(C)C(=O)N(C)C1CCCCC1. The third-order valence-electron chi connectivity index (χ3n) is 5.36. The van der Waals surface area contributed by atoms with Gasteiger partial charge in [0.15, 0.2) is 0 Å². The second-order valence-corrected chi connectivity index (χ2v) is 7.04. The Kier molecular flexibility index (Phi) is 6.06. The van der Waals surface area contributed by atoms with Gasteiger partial charge in [-0.05, 0) is 52.5 Å². The minimum atomic E-state index is -0.283. The first-order valence-corrected chi connectivity index (χ1v) is 8.71. The van der Waals surface area contributed by atoms with E-state index in [1.807, 2.05) is 25.8 Å². The molecule has 4 nitrogen and oxygen atoms in total. The summed E-state index contributed by atoms with van der Waals surface area (Å²) in [4.78, 5) is 17.1. The summed E-state index contributed by atoms with van der Waals surface area (Å²) in [5, 5.41) is 9.64. The number of likely N-dealkylation sites (N-methyl/N-ethyl adjacent to an activating group) is 1.